The minimum atomic E-state index is -0.736. The van der Waals surface area contributed by atoms with Crippen LogP contribution in [-0.4, -0.2) is 25.9 Å². The van der Waals surface area contributed by atoms with Crippen LogP contribution in [0.3, 0.4) is 0 Å². The highest BCUT2D eigenvalue weighted by Crippen LogP contribution is 2.26. The Labute approximate surface area is 140 Å². The van der Waals surface area contributed by atoms with Gasteiger partial charge in [-0.1, -0.05) is 16.8 Å². The van der Waals surface area contributed by atoms with Gasteiger partial charge >= 0.3 is 0 Å². The zero-order valence-corrected chi connectivity index (χ0v) is 12.7. The van der Waals surface area contributed by atoms with Crippen molar-refractivity contribution in [2.24, 2.45) is 5.16 Å². The Kier molecular flexibility index (Phi) is 4.43. The van der Waals surface area contributed by atoms with Crippen molar-refractivity contribution in [3.63, 3.8) is 0 Å². The molecule has 1 N–H and O–H groups in total. The monoisotopic (exact) mass is 346 g/mol. The number of aromatic nitrogens is 3. The second kappa shape index (κ2) is 6.67. The number of pyridine rings is 1. The molecule has 0 bridgehead atoms. The van der Waals surface area contributed by atoms with Gasteiger partial charge in [-0.05, 0) is 24.3 Å². The van der Waals surface area contributed by atoms with Crippen molar-refractivity contribution in [3.05, 3.63) is 77.1 Å². The van der Waals surface area contributed by atoms with Crippen LogP contribution in [0.15, 0.2) is 54.3 Å². The molecule has 2 aromatic heterocycles. The highest BCUT2D eigenvalue weighted by atomic mass is 35.5. The van der Waals surface area contributed by atoms with Crippen LogP contribution < -0.4 is 0 Å². The first-order valence-corrected chi connectivity index (χ1v) is 7.07. The van der Waals surface area contributed by atoms with Gasteiger partial charge in [0.05, 0.1) is 5.02 Å². The van der Waals surface area contributed by atoms with Crippen molar-refractivity contribution in [2.45, 2.75) is 0 Å². The lowest BCUT2D eigenvalue weighted by Gasteiger charge is -2.10. The Morgan fingerprint density at radius 3 is 2.54 bits per heavy atom. The fourth-order valence-corrected chi connectivity index (χ4v) is 2.44. The first-order valence-electron chi connectivity index (χ1n) is 6.69. The first-order chi connectivity index (χ1) is 11.6. The maximum absolute atomic E-state index is 14.9. The van der Waals surface area contributed by atoms with Gasteiger partial charge in [-0.15, -0.1) is 0 Å². The quantitative estimate of drug-likeness (QED) is 0.446. The van der Waals surface area contributed by atoms with Crippen LogP contribution in [0.5, 0.6) is 0 Å². The van der Waals surface area contributed by atoms with Gasteiger partial charge in [0, 0.05) is 35.3 Å². The van der Waals surface area contributed by atoms with Gasteiger partial charge in [0.2, 0.25) is 0 Å². The Morgan fingerprint density at radius 1 is 1.12 bits per heavy atom. The third-order valence-corrected chi connectivity index (χ3v) is 3.58. The number of hydrogen-bond donors (Lipinski definition) is 1. The predicted molar refractivity (Wildman–Crippen MR) is 84.1 cm³/mol. The highest BCUT2D eigenvalue weighted by molar-refractivity contribution is 6.35. The van der Waals surface area contributed by atoms with E-state index in [2.05, 4.69) is 20.1 Å². The molecule has 0 aliphatic heterocycles. The molecule has 0 radical (unpaired) electrons. The first kappa shape index (κ1) is 15.9. The molecule has 24 heavy (non-hydrogen) atoms. The van der Waals surface area contributed by atoms with E-state index in [9.17, 15) is 14.0 Å². The van der Waals surface area contributed by atoms with Gasteiger partial charge in [-0.3, -0.25) is 4.98 Å². The molecule has 0 atom stereocenters. The van der Waals surface area contributed by atoms with Crippen molar-refractivity contribution in [1.82, 2.24) is 15.0 Å². The van der Waals surface area contributed by atoms with Crippen molar-refractivity contribution >= 4 is 17.3 Å². The molecule has 0 saturated carbocycles. The summed E-state index contributed by atoms with van der Waals surface area (Å²) in [7, 11) is 0. The van der Waals surface area contributed by atoms with Gasteiger partial charge in [0.15, 0.2) is 5.82 Å². The van der Waals surface area contributed by atoms with Crippen LogP contribution in [-0.2, 0) is 0 Å². The molecule has 0 saturated heterocycles. The zero-order chi connectivity index (χ0) is 17.1. The SMILES string of the molecule is O/N=C(/c1ccc(F)cc1Cl)c1nccc(-c2cncnc2)c1F. The molecule has 5 nitrogen and oxygen atoms in total. The van der Waals surface area contributed by atoms with E-state index < -0.39 is 11.6 Å². The van der Waals surface area contributed by atoms with Crippen molar-refractivity contribution in [2.75, 3.05) is 0 Å². The lowest BCUT2D eigenvalue weighted by molar-refractivity contribution is 0.319. The van der Waals surface area contributed by atoms with Gasteiger partial charge in [-0.25, -0.2) is 18.7 Å². The normalized spacial score (nSPS) is 11.5. The molecule has 0 fully saturated rings. The van der Waals surface area contributed by atoms with E-state index >= 15 is 0 Å². The molecule has 3 rings (SSSR count). The molecular formula is C16H9ClF2N4O. The largest absolute Gasteiger partial charge is 0.410 e. The number of rotatable bonds is 3. The summed E-state index contributed by atoms with van der Waals surface area (Å²) in [5.74, 6) is -1.30. The lowest BCUT2D eigenvalue weighted by atomic mass is 10.0. The van der Waals surface area contributed by atoms with E-state index in [-0.39, 0.29) is 27.6 Å². The van der Waals surface area contributed by atoms with Crippen LogP contribution in [0.4, 0.5) is 8.78 Å². The fraction of sp³-hybridized carbons (Fsp3) is 0. The standard InChI is InChI=1S/C16H9ClF2N4O/c17-13-5-10(18)1-2-12(13)15(23-24)16-14(19)11(3-4-22-16)9-6-20-8-21-7-9/h1-8,24H/b23-15-. The number of benzene rings is 1. The average Bonchev–Trinajstić information content (AvgIpc) is 2.59. The van der Waals surface area contributed by atoms with E-state index in [1.54, 1.807) is 0 Å². The minimum absolute atomic E-state index is 0.0301. The molecule has 3 aromatic rings. The summed E-state index contributed by atoms with van der Waals surface area (Å²) in [6, 6.07) is 4.89. The van der Waals surface area contributed by atoms with Crippen LogP contribution in [0.25, 0.3) is 11.1 Å². The van der Waals surface area contributed by atoms with Gasteiger partial charge in [0.25, 0.3) is 0 Å². The fourth-order valence-electron chi connectivity index (χ4n) is 2.18. The summed E-state index contributed by atoms with van der Waals surface area (Å²) in [5, 5.41) is 12.4. The Hall–Kier alpha value is -2.93. The van der Waals surface area contributed by atoms with E-state index in [1.165, 1.54) is 37.1 Å². The van der Waals surface area contributed by atoms with Crippen LogP contribution in [0.2, 0.25) is 5.02 Å². The Bertz CT molecular complexity index is 919. The highest BCUT2D eigenvalue weighted by Gasteiger charge is 2.20. The number of halogens is 3. The maximum Gasteiger partial charge on any atom is 0.159 e. The summed E-state index contributed by atoms with van der Waals surface area (Å²) in [6.07, 6.45) is 5.55. The third-order valence-electron chi connectivity index (χ3n) is 3.27. The Balaban J connectivity index is 2.15. The molecule has 2 heterocycles. The molecule has 8 heteroatoms. The second-order valence-electron chi connectivity index (χ2n) is 4.72. The van der Waals surface area contributed by atoms with Crippen molar-refractivity contribution < 1.29 is 14.0 Å². The summed E-state index contributed by atoms with van der Waals surface area (Å²) in [4.78, 5) is 11.6. The van der Waals surface area contributed by atoms with E-state index in [0.717, 1.165) is 12.1 Å². The number of oxime groups is 1. The predicted octanol–water partition coefficient (Wildman–Crippen LogP) is 3.70. The topological polar surface area (TPSA) is 71.3 Å². The summed E-state index contributed by atoms with van der Waals surface area (Å²) in [6.45, 7) is 0. The molecule has 0 aliphatic carbocycles. The van der Waals surface area contributed by atoms with Crippen LogP contribution in [0.1, 0.15) is 11.3 Å². The smallest absolute Gasteiger partial charge is 0.159 e. The average molecular weight is 347 g/mol. The van der Waals surface area contributed by atoms with Gasteiger partial charge in [-0.2, -0.15) is 0 Å². The Morgan fingerprint density at radius 2 is 1.88 bits per heavy atom. The van der Waals surface area contributed by atoms with E-state index in [0.29, 0.717) is 5.56 Å². The third kappa shape index (κ3) is 2.93. The lowest BCUT2D eigenvalue weighted by Crippen LogP contribution is -2.10. The molecule has 120 valence electrons. The molecule has 0 aliphatic rings. The van der Waals surface area contributed by atoms with E-state index in [1.807, 2.05) is 0 Å². The number of nitrogens with zero attached hydrogens (tertiary/aromatic N) is 4. The molecular weight excluding hydrogens is 338 g/mol. The minimum Gasteiger partial charge on any atom is -0.410 e. The molecule has 0 spiro atoms. The molecule has 0 amide bonds. The summed E-state index contributed by atoms with van der Waals surface area (Å²) >= 11 is 5.96. The second-order valence-corrected chi connectivity index (χ2v) is 5.13. The maximum atomic E-state index is 14.9. The van der Waals surface area contributed by atoms with Gasteiger partial charge < -0.3 is 5.21 Å². The molecule has 0 unspecified atom stereocenters. The van der Waals surface area contributed by atoms with Crippen LogP contribution >= 0.6 is 11.6 Å². The van der Waals surface area contributed by atoms with Crippen LogP contribution in [0, 0.1) is 11.6 Å². The number of hydrogen-bond acceptors (Lipinski definition) is 5. The van der Waals surface area contributed by atoms with Gasteiger partial charge in [0.1, 0.15) is 23.6 Å². The summed E-state index contributed by atoms with van der Waals surface area (Å²) < 4.78 is 28.1. The summed E-state index contributed by atoms with van der Waals surface area (Å²) in [5.41, 5.74) is 0.318. The zero-order valence-electron chi connectivity index (χ0n) is 12.0. The van der Waals surface area contributed by atoms with Crippen molar-refractivity contribution in [3.8, 4) is 11.1 Å². The van der Waals surface area contributed by atoms with Crippen molar-refractivity contribution in [1.29, 1.82) is 0 Å². The molecule has 1 aromatic carbocycles. The van der Waals surface area contributed by atoms with E-state index in [4.69, 9.17) is 11.6 Å².